The molecule has 0 saturated heterocycles. The molecule has 0 aliphatic heterocycles. The summed E-state index contributed by atoms with van der Waals surface area (Å²) < 4.78 is 62.0. The maximum atomic E-state index is 15.3. The van der Waals surface area contributed by atoms with Crippen LogP contribution in [0.25, 0.3) is 22.5 Å². The molecular formula is C25H22F2N7O4S+. The van der Waals surface area contributed by atoms with Crippen LogP contribution in [0.5, 0.6) is 0 Å². The summed E-state index contributed by atoms with van der Waals surface area (Å²) in [6, 6.07) is 8.78. The molecule has 0 fully saturated rings. The molecule has 0 atom stereocenters. The molecular weight excluding hydrogens is 532 g/mol. The minimum Gasteiger partial charge on any atom is -0.421 e. The standard InChI is InChI=1S/C25H21F2N7O4S/c1-3-9-39(36,37)34-18-8-7-17(26)20(21(18)27)22(35)16-11-28-23-19(16)24(30-12-29-23)31-15-6-4-5-14(10-15)25-33-32-13(2)38-25/h4-8,10-12,34H,3,9H2,1-2H3,(H2,28,29,30,31)/p+1. The van der Waals surface area contributed by atoms with Crippen LogP contribution in [-0.2, 0) is 10.0 Å². The van der Waals surface area contributed by atoms with Gasteiger partial charge in [-0.2, -0.15) is 0 Å². The van der Waals surface area contributed by atoms with Crippen LogP contribution in [0.3, 0.4) is 0 Å². The highest BCUT2D eigenvalue weighted by Gasteiger charge is 2.28. The molecule has 5 rings (SSSR count). The number of H-pyrrole nitrogens is 2. The van der Waals surface area contributed by atoms with Gasteiger partial charge in [-0.15, -0.1) is 10.2 Å². The molecule has 0 aliphatic rings. The summed E-state index contributed by atoms with van der Waals surface area (Å²) in [4.78, 5) is 23.5. The molecule has 5 aromatic rings. The SMILES string of the molecule is CCCS(=O)(=O)Nc1ccc(F)c(C(=O)c2c[nH]c3[nH+]cnc(Nc4cccc(-c5nnc(C)o5)c4)c23)c1F. The number of hydrogen-bond donors (Lipinski definition) is 3. The van der Waals surface area contributed by atoms with Gasteiger partial charge in [0, 0.05) is 18.2 Å². The molecule has 11 nitrogen and oxygen atoms in total. The van der Waals surface area contributed by atoms with E-state index < -0.39 is 38.7 Å². The van der Waals surface area contributed by atoms with E-state index in [0.29, 0.717) is 28.7 Å². The molecule has 0 saturated carbocycles. The first-order valence-electron chi connectivity index (χ1n) is 11.8. The number of ketones is 1. The van der Waals surface area contributed by atoms with Gasteiger partial charge in [0.25, 0.3) is 0 Å². The van der Waals surface area contributed by atoms with Crippen molar-refractivity contribution in [3.8, 4) is 11.5 Å². The first-order chi connectivity index (χ1) is 18.7. The number of aryl methyl sites for hydroxylation is 1. The van der Waals surface area contributed by atoms with E-state index in [1.54, 1.807) is 38.1 Å². The number of nitrogens with one attached hydrogen (secondary N) is 4. The van der Waals surface area contributed by atoms with Gasteiger partial charge in [-0.25, -0.2) is 22.2 Å². The van der Waals surface area contributed by atoms with Gasteiger partial charge in [0.15, 0.2) is 5.82 Å². The molecule has 4 N–H and O–H groups in total. The quantitative estimate of drug-likeness (QED) is 0.230. The van der Waals surface area contributed by atoms with Crippen LogP contribution in [0, 0.1) is 18.6 Å². The third-order valence-electron chi connectivity index (χ3n) is 5.72. The topological polar surface area (TPSA) is 157 Å². The van der Waals surface area contributed by atoms with E-state index in [2.05, 4.69) is 35.2 Å². The lowest BCUT2D eigenvalue weighted by atomic mass is 10.0. The third-order valence-corrected chi connectivity index (χ3v) is 7.20. The van der Waals surface area contributed by atoms with E-state index >= 15 is 4.39 Å². The van der Waals surface area contributed by atoms with Crippen molar-refractivity contribution in [3.05, 3.63) is 77.6 Å². The van der Waals surface area contributed by atoms with Crippen molar-refractivity contribution in [3.63, 3.8) is 0 Å². The minimum atomic E-state index is -3.88. The number of rotatable bonds is 9. The van der Waals surface area contributed by atoms with Gasteiger partial charge < -0.3 is 9.73 Å². The number of nitrogens with zero attached hydrogens (tertiary/aromatic N) is 3. The first kappa shape index (κ1) is 25.9. The predicted molar refractivity (Wildman–Crippen MR) is 138 cm³/mol. The van der Waals surface area contributed by atoms with E-state index in [0.717, 1.165) is 12.1 Å². The fraction of sp³-hybridized carbons (Fsp3) is 0.160. The number of carbonyl (C=O) groups is 1. The molecule has 3 heterocycles. The number of hydrogen-bond acceptors (Lipinski definition) is 8. The number of aromatic amines is 2. The fourth-order valence-electron chi connectivity index (χ4n) is 4.02. The summed E-state index contributed by atoms with van der Waals surface area (Å²) in [5, 5.41) is 11.2. The van der Waals surface area contributed by atoms with Crippen molar-refractivity contribution in [1.82, 2.24) is 20.2 Å². The van der Waals surface area contributed by atoms with E-state index in [-0.39, 0.29) is 28.9 Å². The number of fused-ring (bicyclic) bond motifs is 1. The van der Waals surface area contributed by atoms with E-state index in [1.165, 1.54) is 12.5 Å². The van der Waals surface area contributed by atoms with Crippen molar-refractivity contribution >= 4 is 44.0 Å². The number of carbonyl (C=O) groups excluding carboxylic acids is 1. The lowest BCUT2D eigenvalue weighted by Gasteiger charge is -2.11. The molecule has 0 bridgehead atoms. The van der Waals surface area contributed by atoms with Crippen molar-refractivity contribution in [2.24, 2.45) is 0 Å². The zero-order valence-corrected chi connectivity index (χ0v) is 21.5. The van der Waals surface area contributed by atoms with Gasteiger partial charge in [0.2, 0.25) is 45.4 Å². The van der Waals surface area contributed by atoms with Crippen LogP contribution in [0.4, 0.5) is 26.0 Å². The summed E-state index contributed by atoms with van der Waals surface area (Å²) in [5.41, 5.74) is 0.0381. The van der Waals surface area contributed by atoms with Crippen molar-refractivity contribution in [2.45, 2.75) is 20.3 Å². The van der Waals surface area contributed by atoms with Crippen LogP contribution in [-0.4, -0.2) is 40.1 Å². The Morgan fingerprint density at radius 1 is 1.18 bits per heavy atom. The van der Waals surface area contributed by atoms with Gasteiger partial charge in [-0.05, 0) is 36.8 Å². The van der Waals surface area contributed by atoms with Crippen LogP contribution in [0.1, 0.15) is 35.2 Å². The van der Waals surface area contributed by atoms with Gasteiger partial charge in [-0.3, -0.25) is 14.5 Å². The van der Waals surface area contributed by atoms with Crippen LogP contribution < -0.4 is 15.0 Å². The first-order valence-corrected chi connectivity index (χ1v) is 13.4. The Morgan fingerprint density at radius 3 is 2.74 bits per heavy atom. The van der Waals surface area contributed by atoms with Crippen molar-refractivity contribution < 1.29 is 31.4 Å². The van der Waals surface area contributed by atoms with Crippen molar-refractivity contribution in [2.75, 3.05) is 15.8 Å². The summed E-state index contributed by atoms with van der Waals surface area (Å²) in [6.45, 7) is 3.32. The molecule has 200 valence electrons. The maximum Gasteiger partial charge on any atom is 0.247 e. The Bertz CT molecular complexity index is 1820. The van der Waals surface area contributed by atoms with Crippen LogP contribution >= 0.6 is 0 Å². The van der Waals surface area contributed by atoms with Gasteiger partial charge in [0.1, 0.15) is 11.2 Å². The molecule has 2 aromatic carbocycles. The Balaban J connectivity index is 1.54. The van der Waals surface area contributed by atoms with E-state index in [4.69, 9.17) is 4.42 Å². The zero-order valence-electron chi connectivity index (χ0n) is 20.7. The highest BCUT2D eigenvalue weighted by molar-refractivity contribution is 7.92. The number of benzene rings is 2. The Labute approximate surface area is 220 Å². The van der Waals surface area contributed by atoms with Gasteiger partial charge in [-0.1, -0.05) is 18.0 Å². The van der Waals surface area contributed by atoms with Crippen molar-refractivity contribution in [1.29, 1.82) is 0 Å². The second-order valence-electron chi connectivity index (χ2n) is 8.57. The molecule has 14 heteroatoms. The molecule has 0 radical (unpaired) electrons. The smallest absolute Gasteiger partial charge is 0.247 e. The number of sulfonamides is 1. The molecule has 3 aromatic heterocycles. The summed E-state index contributed by atoms with van der Waals surface area (Å²) in [5.74, 6) is -2.80. The molecule has 0 spiro atoms. The number of halogens is 2. The second kappa shape index (κ2) is 10.2. The maximum absolute atomic E-state index is 15.3. The van der Waals surface area contributed by atoms with Crippen LogP contribution in [0.15, 0.2) is 53.3 Å². The normalized spacial score (nSPS) is 11.6. The Kier molecular flexibility index (Phi) is 6.78. The molecule has 39 heavy (non-hydrogen) atoms. The van der Waals surface area contributed by atoms with Gasteiger partial charge >= 0.3 is 0 Å². The predicted octanol–water partition coefficient (Wildman–Crippen LogP) is 4.14. The average Bonchev–Trinajstić information content (AvgIpc) is 3.53. The van der Waals surface area contributed by atoms with Gasteiger partial charge in [0.05, 0.1) is 28.8 Å². The lowest BCUT2D eigenvalue weighted by molar-refractivity contribution is -0.352. The highest BCUT2D eigenvalue weighted by Crippen LogP contribution is 2.31. The van der Waals surface area contributed by atoms with E-state index in [1.807, 2.05) is 0 Å². The van der Waals surface area contributed by atoms with E-state index in [9.17, 15) is 17.6 Å². The summed E-state index contributed by atoms with van der Waals surface area (Å²) >= 11 is 0. The number of anilines is 3. The Hall–Kier alpha value is -4.72. The summed E-state index contributed by atoms with van der Waals surface area (Å²) in [7, 11) is -3.88. The number of aromatic nitrogens is 5. The fourth-order valence-corrected chi connectivity index (χ4v) is 5.16. The molecule has 0 unspecified atom stereocenters. The molecule has 0 amide bonds. The monoisotopic (exact) mass is 554 g/mol. The third kappa shape index (κ3) is 5.18. The largest absolute Gasteiger partial charge is 0.421 e. The lowest BCUT2D eigenvalue weighted by Crippen LogP contribution is -2.18. The zero-order chi connectivity index (χ0) is 27.7. The molecule has 0 aliphatic carbocycles. The second-order valence-corrected chi connectivity index (χ2v) is 10.4. The summed E-state index contributed by atoms with van der Waals surface area (Å²) in [6.07, 6.45) is 2.96. The minimum absolute atomic E-state index is 0.0908. The average molecular weight is 555 g/mol. The highest BCUT2D eigenvalue weighted by atomic mass is 32.2. The van der Waals surface area contributed by atoms with Crippen LogP contribution in [0.2, 0.25) is 0 Å². The Morgan fingerprint density at radius 2 is 2.00 bits per heavy atom.